The largest absolute Gasteiger partial charge is 0.338 e. The number of aromatic nitrogens is 5. The van der Waals surface area contributed by atoms with Crippen molar-refractivity contribution in [2.75, 3.05) is 13.1 Å². The molecule has 2 aromatic carbocycles. The Balaban J connectivity index is 1.19. The molecule has 0 radical (unpaired) electrons. The van der Waals surface area contributed by atoms with Crippen LogP contribution in [-0.4, -0.2) is 48.2 Å². The number of rotatable bonds is 5. The maximum Gasteiger partial charge on any atom is 0.253 e. The summed E-state index contributed by atoms with van der Waals surface area (Å²) >= 11 is 0. The van der Waals surface area contributed by atoms with Gasteiger partial charge in [-0.25, -0.2) is 19.0 Å². The van der Waals surface area contributed by atoms with Crippen molar-refractivity contribution in [3.8, 4) is 5.69 Å². The lowest BCUT2D eigenvalue weighted by molar-refractivity contribution is 0.0695. The van der Waals surface area contributed by atoms with Crippen LogP contribution in [0.1, 0.15) is 40.6 Å². The molecule has 36 heavy (non-hydrogen) atoms. The number of likely N-dealkylation sites (tertiary alicyclic amines) is 1. The van der Waals surface area contributed by atoms with Gasteiger partial charge in [-0.05, 0) is 73.0 Å². The zero-order chi connectivity index (χ0) is 24.5. The van der Waals surface area contributed by atoms with E-state index in [4.69, 9.17) is 4.98 Å². The van der Waals surface area contributed by atoms with Gasteiger partial charge >= 0.3 is 0 Å². The molecular weight excluding hydrogens is 455 g/mol. The predicted octanol–water partition coefficient (Wildman–Crippen LogP) is 4.82. The third-order valence-electron chi connectivity index (χ3n) is 6.80. The second-order valence-electron chi connectivity index (χ2n) is 9.07. The van der Waals surface area contributed by atoms with Gasteiger partial charge in [-0.3, -0.25) is 4.79 Å². The van der Waals surface area contributed by atoms with Crippen molar-refractivity contribution in [2.24, 2.45) is 0 Å². The molecule has 6 rings (SSSR count). The molecule has 7 nitrogen and oxygen atoms in total. The Kier molecular flexibility index (Phi) is 5.77. The molecule has 1 amide bonds. The monoisotopic (exact) mass is 480 g/mol. The Hall–Kier alpha value is -4.33. The highest BCUT2D eigenvalue weighted by Gasteiger charge is 2.27. The minimum atomic E-state index is -0.248. The first-order valence-corrected chi connectivity index (χ1v) is 12.1. The molecule has 0 spiro atoms. The van der Waals surface area contributed by atoms with Gasteiger partial charge in [-0.15, -0.1) is 0 Å². The van der Waals surface area contributed by atoms with E-state index in [0.29, 0.717) is 25.1 Å². The lowest BCUT2D eigenvalue weighted by Crippen LogP contribution is -2.39. The van der Waals surface area contributed by atoms with Gasteiger partial charge in [0.2, 0.25) is 0 Å². The Morgan fingerprint density at radius 2 is 1.72 bits per heavy atom. The van der Waals surface area contributed by atoms with Crippen LogP contribution in [0, 0.1) is 5.82 Å². The number of hydrogen-bond donors (Lipinski definition) is 0. The molecule has 0 atom stereocenters. The summed E-state index contributed by atoms with van der Waals surface area (Å²) in [6.45, 7) is 1.32. The third-order valence-corrected chi connectivity index (χ3v) is 6.80. The number of imidazole rings is 1. The molecule has 180 valence electrons. The second-order valence-corrected chi connectivity index (χ2v) is 9.07. The van der Waals surface area contributed by atoms with Gasteiger partial charge in [-0.2, -0.15) is 5.10 Å². The first-order valence-electron chi connectivity index (χ1n) is 12.1. The van der Waals surface area contributed by atoms with Crippen molar-refractivity contribution < 1.29 is 9.18 Å². The maximum absolute atomic E-state index is 13.4. The predicted molar refractivity (Wildman–Crippen MR) is 134 cm³/mol. The summed E-state index contributed by atoms with van der Waals surface area (Å²) in [7, 11) is 0. The summed E-state index contributed by atoms with van der Waals surface area (Å²) in [5.41, 5.74) is 4.30. The SMILES string of the molecule is O=C(c1ccc(-n2cccn2)cc1)N1CCC(n2c(Cc3ccc(F)cc3)nc3cccnc32)CC1. The summed E-state index contributed by atoms with van der Waals surface area (Å²) in [6.07, 6.45) is 7.62. The van der Waals surface area contributed by atoms with Crippen LogP contribution in [0.4, 0.5) is 4.39 Å². The molecule has 3 aromatic heterocycles. The van der Waals surface area contributed by atoms with Gasteiger partial charge in [0.25, 0.3) is 5.91 Å². The van der Waals surface area contributed by atoms with E-state index in [2.05, 4.69) is 14.6 Å². The van der Waals surface area contributed by atoms with E-state index in [0.717, 1.165) is 41.1 Å². The fourth-order valence-corrected chi connectivity index (χ4v) is 4.96. The van der Waals surface area contributed by atoms with Gasteiger partial charge in [-0.1, -0.05) is 12.1 Å². The fraction of sp³-hybridized carbons (Fsp3) is 0.214. The highest BCUT2D eigenvalue weighted by atomic mass is 19.1. The molecule has 1 aliphatic heterocycles. The molecule has 8 heteroatoms. The lowest BCUT2D eigenvalue weighted by atomic mass is 10.0. The van der Waals surface area contributed by atoms with Crippen LogP contribution >= 0.6 is 0 Å². The maximum atomic E-state index is 13.4. The molecule has 1 aliphatic rings. The van der Waals surface area contributed by atoms with E-state index in [-0.39, 0.29) is 17.8 Å². The van der Waals surface area contributed by atoms with Crippen LogP contribution in [0.15, 0.2) is 85.3 Å². The van der Waals surface area contributed by atoms with Crippen LogP contribution in [0.25, 0.3) is 16.9 Å². The van der Waals surface area contributed by atoms with Crippen molar-refractivity contribution in [2.45, 2.75) is 25.3 Å². The number of piperidine rings is 1. The van der Waals surface area contributed by atoms with E-state index in [1.807, 2.05) is 53.6 Å². The zero-order valence-electron chi connectivity index (χ0n) is 19.7. The summed E-state index contributed by atoms with van der Waals surface area (Å²) in [4.78, 5) is 24.6. The number of nitrogens with zero attached hydrogens (tertiary/aromatic N) is 6. The molecule has 0 saturated carbocycles. The van der Waals surface area contributed by atoms with Gasteiger partial charge in [0.15, 0.2) is 5.65 Å². The lowest BCUT2D eigenvalue weighted by Gasteiger charge is -2.33. The molecular formula is C28H25FN6O. The number of carbonyl (C=O) groups is 1. The number of pyridine rings is 1. The highest BCUT2D eigenvalue weighted by Crippen LogP contribution is 2.29. The van der Waals surface area contributed by atoms with Crippen molar-refractivity contribution in [1.82, 2.24) is 29.2 Å². The standard InChI is InChI=1S/C28H25FN6O/c29-22-8-4-20(5-9-22)19-26-32-25-3-1-14-30-27(25)35(26)24-12-17-33(18-13-24)28(36)21-6-10-23(11-7-21)34-16-2-15-31-34/h1-11,14-16,24H,12-13,17-19H2. The zero-order valence-corrected chi connectivity index (χ0v) is 19.7. The molecule has 4 heterocycles. The number of benzene rings is 2. The van der Waals surface area contributed by atoms with Crippen molar-refractivity contribution >= 4 is 17.1 Å². The molecule has 1 fully saturated rings. The Morgan fingerprint density at radius 3 is 2.44 bits per heavy atom. The minimum absolute atomic E-state index is 0.0422. The van der Waals surface area contributed by atoms with Gasteiger partial charge in [0.1, 0.15) is 17.2 Å². The number of halogens is 1. The second kappa shape index (κ2) is 9.37. The molecule has 5 aromatic rings. The quantitative estimate of drug-likeness (QED) is 0.362. The van der Waals surface area contributed by atoms with E-state index in [9.17, 15) is 9.18 Å². The average Bonchev–Trinajstić information content (AvgIpc) is 3.58. The van der Waals surface area contributed by atoms with Crippen LogP contribution in [0.5, 0.6) is 0 Å². The van der Waals surface area contributed by atoms with E-state index in [1.54, 1.807) is 29.2 Å². The molecule has 0 aliphatic carbocycles. The normalized spacial score (nSPS) is 14.4. The van der Waals surface area contributed by atoms with Gasteiger partial charge < -0.3 is 9.47 Å². The van der Waals surface area contributed by atoms with Crippen molar-refractivity contribution in [3.05, 3.63) is 108 Å². The summed E-state index contributed by atoms with van der Waals surface area (Å²) in [6, 6.07) is 20.0. The van der Waals surface area contributed by atoms with Crippen LogP contribution in [0.3, 0.4) is 0 Å². The summed E-state index contributed by atoms with van der Waals surface area (Å²) in [5.74, 6) is 0.705. The topological polar surface area (TPSA) is 68.8 Å². The number of fused-ring (bicyclic) bond motifs is 1. The average molecular weight is 481 g/mol. The fourth-order valence-electron chi connectivity index (χ4n) is 4.96. The van der Waals surface area contributed by atoms with E-state index < -0.39 is 0 Å². The van der Waals surface area contributed by atoms with Crippen molar-refractivity contribution in [1.29, 1.82) is 0 Å². The third kappa shape index (κ3) is 4.26. The molecule has 1 saturated heterocycles. The molecule has 0 N–H and O–H groups in total. The summed E-state index contributed by atoms with van der Waals surface area (Å²) in [5, 5.41) is 4.23. The number of amides is 1. The molecule has 0 unspecified atom stereocenters. The Bertz CT molecular complexity index is 1480. The van der Waals surface area contributed by atoms with Gasteiger partial charge in [0.05, 0.1) is 5.69 Å². The Labute approximate surface area is 207 Å². The van der Waals surface area contributed by atoms with Gasteiger partial charge in [0, 0.05) is 49.7 Å². The molecule has 0 bridgehead atoms. The van der Waals surface area contributed by atoms with E-state index in [1.165, 1.54) is 12.1 Å². The first-order chi connectivity index (χ1) is 17.7. The smallest absolute Gasteiger partial charge is 0.253 e. The Morgan fingerprint density at radius 1 is 0.944 bits per heavy atom. The number of hydrogen-bond acceptors (Lipinski definition) is 4. The highest BCUT2D eigenvalue weighted by molar-refractivity contribution is 5.94. The first kappa shape index (κ1) is 22.2. The van der Waals surface area contributed by atoms with Crippen LogP contribution in [-0.2, 0) is 6.42 Å². The summed E-state index contributed by atoms with van der Waals surface area (Å²) < 4.78 is 17.4. The minimum Gasteiger partial charge on any atom is -0.338 e. The van der Waals surface area contributed by atoms with E-state index >= 15 is 0 Å². The van der Waals surface area contributed by atoms with Crippen LogP contribution in [0.2, 0.25) is 0 Å². The van der Waals surface area contributed by atoms with Crippen molar-refractivity contribution in [3.63, 3.8) is 0 Å². The number of carbonyl (C=O) groups excluding carboxylic acids is 1. The van der Waals surface area contributed by atoms with Crippen LogP contribution < -0.4 is 0 Å².